The molecule has 9 nitrogen and oxygen atoms in total. The van der Waals surface area contributed by atoms with Gasteiger partial charge in [0.05, 0.1) is 4.92 Å². The van der Waals surface area contributed by atoms with E-state index < -0.39 is 28.5 Å². The first kappa shape index (κ1) is 24.6. The lowest BCUT2D eigenvalue weighted by Crippen LogP contribution is -2.47. The van der Waals surface area contributed by atoms with Crippen LogP contribution < -0.4 is 10.6 Å². The number of carbonyl (C=O) groups is 2. The number of hydrogen-bond acceptors (Lipinski definition) is 7. The van der Waals surface area contributed by atoms with Crippen molar-refractivity contribution < 1.29 is 14.5 Å². The molecule has 172 valence electrons. The van der Waals surface area contributed by atoms with Crippen molar-refractivity contribution >= 4 is 57.2 Å². The molecule has 1 aromatic heterocycles. The second-order valence-corrected chi connectivity index (χ2v) is 8.99. The van der Waals surface area contributed by atoms with Crippen molar-refractivity contribution in [2.24, 2.45) is 5.92 Å². The Hall–Kier alpha value is -3.08. The van der Waals surface area contributed by atoms with E-state index in [9.17, 15) is 19.7 Å². The third-order valence-electron chi connectivity index (χ3n) is 4.93. The number of hydrogen-bond donors (Lipinski definition) is 2. The van der Waals surface area contributed by atoms with E-state index in [1.807, 2.05) is 13.8 Å². The normalized spacial score (nSPS) is 12.6. The number of anilines is 1. The van der Waals surface area contributed by atoms with Crippen molar-refractivity contribution in [1.82, 2.24) is 15.5 Å². The number of halogens is 2. The van der Waals surface area contributed by atoms with Crippen molar-refractivity contribution in [3.8, 4) is 10.6 Å². The molecule has 3 aromatic rings. The summed E-state index contributed by atoms with van der Waals surface area (Å²) < 4.78 is 0. The van der Waals surface area contributed by atoms with E-state index in [1.54, 1.807) is 24.3 Å². The molecule has 12 heteroatoms. The van der Waals surface area contributed by atoms with Gasteiger partial charge in [0.1, 0.15) is 16.1 Å². The Labute approximate surface area is 203 Å². The first-order valence-corrected chi connectivity index (χ1v) is 11.4. The zero-order valence-electron chi connectivity index (χ0n) is 17.5. The quantitative estimate of drug-likeness (QED) is 0.318. The van der Waals surface area contributed by atoms with Gasteiger partial charge in [-0.15, -0.1) is 10.2 Å². The fourth-order valence-electron chi connectivity index (χ4n) is 2.89. The zero-order valence-corrected chi connectivity index (χ0v) is 19.9. The highest BCUT2D eigenvalue weighted by molar-refractivity contribution is 7.18. The van der Waals surface area contributed by atoms with Gasteiger partial charge in [0.25, 0.3) is 11.6 Å². The number of aromatic nitrogens is 2. The maximum Gasteiger partial charge on any atom is 0.288 e. The Bertz CT molecular complexity index is 1190. The van der Waals surface area contributed by atoms with Crippen LogP contribution >= 0.6 is 34.5 Å². The minimum Gasteiger partial charge on any atom is -0.340 e. The van der Waals surface area contributed by atoms with Gasteiger partial charge < -0.3 is 5.32 Å². The molecule has 0 aliphatic rings. The van der Waals surface area contributed by atoms with Crippen LogP contribution in [0.25, 0.3) is 10.6 Å². The standard InChI is InChI=1S/C21H19Cl2N5O4S/c1-3-11(2)17(24-18(29)13-6-9-15(23)16(10-13)28(31)32)19(30)25-21-27-26-20(33-21)12-4-7-14(22)8-5-12/h4-11,17H,3H2,1-2H3,(H,24,29)(H,25,27,30). The maximum atomic E-state index is 13.0. The molecule has 3 rings (SSSR count). The molecule has 2 amide bonds. The second-order valence-electron chi connectivity index (χ2n) is 7.17. The van der Waals surface area contributed by atoms with Gasteiger partial charge in [-0.2, -0.15) is 0 Å². The summed E-state index contributed by atoms with van der Waals surface area (Å²) in [5.41, 5.74) is 0.430. The van der Waals surface area contributed by atoms with E-state index in [0.717, 1.165) is 11.6 Å². The molecule has 0 aliphatic carbocycles. The summed E-state index contributed by atoms with van der Waals surface area (Å²) in [4.78, 5) is 36.1. The summed E-state index contributed by atoms with van der Waals surface area (Å²) in [6, 6.07) is 9.85. The molecule has 2 aromatic carbocycles. The predicted octanol–water partition coefficient (Wildman–Crippen LogP) is 5.20. The second kappa shape index (κ2) is 10.7. The van der Waals surface area contributed by atoms with Crippen molar-refractivity contribution in [3.63, 3.8) is 0 Å². The number of carbonyl (C=O) groups excluding carboxylic acids is 2. The summed E-state index contributed by atoms with van der Waals surface area (Å²) in [7, 11) is 0. The number of amides is 2. The summed E-state index contributed by atoms with van der Waals surface area (Å²) in [6.45, 7) is 3.70. The maximum absolute atomic E-state index is 13.0. The fraction of sp³-hybridized carbons (Fsp3) is 0.238. The largest absolute Gasteiger partial charge is 0.340 e. The number of benzene rings is 2. The minimum absolute atomic E-state index is 0.0214. The summed E-state index contributed by atoms with van der Waals surface area (Å²) in [5, 5.41) is 25.9. The Morgan fingerprint density at radius 1 is 1.15 bits per heavy atom. The van der Waals surface area contributed by atoms with Crippen LogP contribution in [0.4, 0.5) is 10.8 Å². The molecule has 0 spiro atoms. The Morgan fingerprint density at radius 2 is 1.85 bits per heavy atom. The fourth-order valence-corrected chi connectivity index (χ4v) is 3.95. The lowest BCUT2D eigenvalue weighted by molar-refractivity contribution is -0.384. The first-order chi connectivity index (χ1) is 15.7. The van der Waals surface area contributed by atoms with Gasteiger partial charge >= 0.3 is 0 Å². The van der Waals surface area contributed by atoms with Gasteiger partial charge in [-0.1, -0.05) is 66.9 Å². The number of nitro groups is 1. The molecule has 0 saturated heterocycles. The zero-order chi connectivity index (χ0) is 24.1. The highest BCUT2D eigenvalue weighted by Gasteiger charge is 2.28. The topological polar surface area (TPSA) is 127 Å². The number of nitrogens with one attached hydrogen (secondary N) is 2. The summed E-state index contributed by atoms with van der Waals surface area (Å²) in [6.07, 6.45) is 0.602. The Kier molecular flexibility index (Phi) is 7.96. The van der Waals surface area contributed by atoms with E-state index in [4.69, 9.17) is 23.2 Å². The van der Waals surface area contributed by atoms with Crippen LogP contribution in [0.2, 0.25) is 10.0 Å². The van der Waals surface area contributed by atoms with E-state index in [0.29, 0.717) is 16.5 Å². The third-order valence-corrected chi connectivity index (χ3v) is 6.39. The molecule has 0 radical (unpaired) electrons. The first-order valence-electron chi connectivity index (χ1n) is 9.84. The van der Waals surface area contributed by atoms with Gasteiger partial charge in [0, 0.05) is 22.2 Å². The Balaban J connectivity index is 1.76. The molecular weight excluding hydrogens is 489 g/mol. The van der Waals surface area contributed by atoms with Crippen LogP contribution in [-0.4, -0.2) is 33.0 Å². The molecule has 33 heavy (non-hydrogen) atoms. The highest BCUT2D eigenvalue weighted by atomic mass is 35.5. The van der Waals surface area contributed by atoms with E-state index in [1.165, 1.54) is 23.5 Å². The SMILES string of the molecule is CCC(C)C(NC(=O)c1ccc(Cl)c([N+](=O)[O-])c1)C(=O)Nc1nnc(-c2ccc(Cl)cc2)s1. The lowest BCUT2D eigenvalue weighted by Gasteiger charge is -2.23. The number of nitro benzene ring substituents is 1. The van der Waals surface area contributed by atoms with Gasteiger partial charge in [0.15, 0.2) is 0 Å². The average molecular weight is 508 g/mol. The van der Waals surface area contributed by atoms with Crippen LogP contribution in [-0.2, 0) is 4.79 Å². The van der Waals surface area contributed by atoms with E-state index in [2.05, 4.69) is 20.8 Å². The van der Waals surface area contributed by atoms with Crippen LogP contribution in [0, 0.1) is 16.0 Å². The van der Waals surface area contributed by atoms with Crippen LogP contribution in [0.3, 0.4) is 0 Å². The third kappa shape index (κ3) is 6.04. The molecule has 2 atom stereocenters. The van der Waals surface area contributed by atoms with E-state index >= 15 is 0 Å². The highest BCUT2D eigenvalue weighted by Crippen LogP contribution is 2.28. The van der Waals surface area contributed by atoms with Gasteiger partial charge in [-0.25, -0.2) is 0 Å². The molecule has 1 heterocycles. The van der Waals surface area contributed by atoms with Crippen LogP contribution in [0.5, 0.6) is 0 Å². The molecule has 0 aliphatic heterocycles. The molecule has 2 unspecified atom stereocenters. The van der Waals surface area contributed by atoms with Gasteiger partial charge in [0.2, 0.25) is 11.0 Å². The van der Waals surface area contributed by atoms with Crippen molar-refractivity contribution in [1.29, 1.82) is 0 Å². The van der Waals surface area contributed by atoms with Gasteiger partial charge in [-0.3, -0.25) is 25.0 Å². The smallest absolute Gasteiger partial charge is 0.288 e. The van der Waals surface area contributed by atoms with Gasteiger partial charge in [-0.05, 0) is 30.2 Å². The minimum atomic E-state index is -0.903. The molecule has 0 bridgehead atoms. The van der Waals surface area contributed by atoms with Crippen molar-refractivity contribution in [3.05, 3.63) is 68.2 Å². The molecule has 2 N–H and O–H groups in total. The molecule has 0 fully saturated rings. The van der Waals surface area contributed by atoms with Crippen LogP contribution in [0.15, 0.2) is 42.5 Å². The summed E-state index contributed by atoms with van der Waals surface area (Å²) >= 11 is 12.9. The summed E-state index contributed by atoms with van der Waals surface area (Å²) in [5.74, 6) is -1.32. The van der Waals surface area contributed by atoms with Crippen molar-refractivity contribution in [2.45, 2.75) is 26.3 Å². The molecular formula is C21H19Cl2N5O4S. The Morgan fingerprint density at radius 3 is 2.48 bits per heavy atom. The van der Waals surface area contributed by atoms with E-state index in [-0.39, 0.29) is 21.6 Å². The number of rotatable bonds is 8. The predicted molar refractivity (Wildman–Crippen MR) is 128 cm³/mol. The monoisotopic (exact) mass is 507 g/mol. The van der Waals surface area contributed by atoms with Crippen LogP contribution in [0.1, 0.15) is 30.6 Å². The van der Waals surface area contributed by atoms with Crippen molar-refractivity contribution in [2.75, 3.05) is 5.32 Å². The lowest BCUT2D eigenvalue weighted by atomic mass is 9.98. The number of nitrogens with zero attached hydrogens (tertiary/aromatic N) is 3. The average Bonchev–Trinajstić information content (AvgIpc) is 3.25. The molecule has 0 saturated carbocycles.